The van der Waals surface area contributed by atoms with Crippen molar-refractivity contribution in [2.45, 2.75) is 0 Å². The Hall–Kier alpha value is -1.71. The van der Waals surface area contributed by atoms with Crippen LogP contribution in [0.25, 0.3) is 0 Å². The molecule has 0 heterocycles. The molecule has 4 heteroatoms. The zero-order valence-electron chi connectivity index (χ0n) is 9.25. The zero-order chi connectivity index (χ0) is 11.7. The third kappa shape index (κ3) is 1.61. The molecular formula is C7H5NO3. The molecule has 0 N–H and O–H groups in total. The van der Waals surface area contributed by atoms with E-state index in [1.807, 2.05) is 0 Å². The topological polar surface area (TPSA) is 60.2 Å². The van der Waals surface area contributed by atoms with Crippen LogP contribution < -0.4 is 0 Å². The van der Waals surface area contributed by atoms with E-state index in [0.717, 1.165) is 0 Å². The molecule has 56 valence electrons. The van der Waals surface area contributed by atoms with Crippen LogP contribution in [0.2, 0.25) is 0 Å². The first-order valence-electron chi connectivity index (χ1n) is 4.61. The Balaban J connectivity index is 3.74. The fraction of sp³-hybridized carbons (Fsp3) is 0. The molecule has 0 aliphatic heterocycles. The average Bonchev–Trinajstić information content (AvgIpc) is 2.16. The molecule has 0 spiro atoms. The van der Waals surface area contributed by atoms with Gasteiger partial charge in [0, 0.05) is 17.6 Å². The number of nitrogens with zero attached hydrogens (tertiary/aromatic N) is 1. The second kappa shape index (κ2) is 2.92. The SMILES string of the molecule is [2H]c1c([2H])c([N+](=O)[O-])c([2H])c([2H])c1C=O. The zero-order valence-corrected chi connectivity index (χ0v) is 5.25. The number of carbonyl (C=O) groups is 1. The summed E-state index contributed by atoms with van der Waals surface area (Å²) < 4.78 is 28.9. The molecule has 0 atom stereocenters. The molecule has 11 heavy (non-hydrogen) atoms. The smallest absolute Gasteiger partial charge is 0.269 e. The number of nitro benzene ring substituents is 1. The van der Waals surface area contributed by atoms with Crippen molar-refractivity contribution in [1.29, 1.82) is 0 Å². The molecule has 1 rings (SSSR count). The van der Waals surface area contributed by atoms with Gasteiger partial charge in [0.15, 0.2) is 0 Å². The molecule has 0 fully saturated rings. The van der Waals surface area contributed by atoms with Gasteiger partial charge in [-0.3, -0.25) is 14.9 Å². The van der Waals surface area contributed by atoms with E-state index in [9.17, 15) is 14.9 Å². The van der Waals surface area contributed by atoms with Crippen LogP contribution in [0.15, 0.2) is 24.2 Å². The Morgan fingerprint density at radius 3 is 2.36 bits per heavy atom. The van der Waals surface area contributed by atoms with Crippen LogP contribution in [0.3, 0.4) is 0 Å². The van der Waals surface area contributed by atoms with Crippen molar-refractivity contribution in [1.82, 2.24) is 0 Å². The lowest BCUT2D eigenvalue weighted by molar-refractivity contribution is -0.384. The second-order valence-electron chi connectivity index (χ2n) is 1.64. The summed E-state index contributed by atoms with van der Waals surface area (Å²) in [6.07, 6.45) is 0.143. The standard InChI is InChI=1S/C7H5NO3/c9-5-6-1-3-7(4-2-6)8(10)11/h1-5H/i1D,2D,3D,4D. The van der Waals surface area contributed by atoms with E-state index in [1.165, 1.54) is 0 Å². The minimum absolute atomic E-state index is 0.143. The van der Waals surface area contributed by atoms with Crippen LogP contribution in [-0.4, -0.2) is 11.2 Å². The number of hydrogen-bond donors (Lipinski definition) is 0. The third-order valence-corrected chi connectivity index (χ3v) is 0.932. The van der Waals surface area contributed by atoms with Crippen molar-refractivity contribution in [2.24, 2.45) is 0 Å². The van der Waals surface area contributed by atoms with Crippen LogP contribution in [0.5, 0.6) is 0 Å². The van der Waals surface area contributed by atoms with Gasteiger partial charge in [-0.05, 0) is 12.1 Å². The van der Waals surface area contributed by atoms with Gasteiger partial charge in [-0.1, -0.05) is 0 Å². The van der Waals surface area contributed by atoms with Crippen LogP contribution in [0.4, 0.5) is 5.69 Å². The predicted molar refractivity (Wildman–Crippen MR) is 38.5 cm³/mol. The first-order valence-corrected chi connectivity index (χ1v) is 2.61. The van der Waals surface area contributed by atoms with Crippen molar-refractivity contribution in [3.63, 3.8) is 0 Å². The number of rotatable bonds is 2. The summed E-state index contributed by atoms with van der Waals surface area (Å²) >= 11 is 0. The van der Waals surface area contributed by atoms with Crippen LogP contribution in [-0.2, 0) is 0 Å². The molecule has 0 unspecified atom stereocenters. The van der Waals surface area contributed by atoms with E-state index in [4.69, 9.17) is 5.48 Å². The Morgan fingerprint density at radius 2 is 2.00 bits per heavy atom. The first-order chi connectivity index (χ1) is 6.91. The maximum absolute atomic E-state index is 10.5. The van der Waals surface area contributed by atoms with Gasteiger partial charge >= 0.3 is 0 Å². The lowest BCUT2D eigenvalue weighted by Gasteiger charge is -1.89. The number of aldehydes is 1. The quantitative estimate of drug-likeness (QED) is 0.368. The summed E-state index contributed by atoms with van der Waals surface area (Å²) in [5, 5.41) is 10.5. The van der Waals surface area contributed by atoms with Gasteiger partial charge in [-0.25, -0.2) is 0 Å². The number of carbonyl (C=O) groups excluding carboxylic acids is 1. The lowest BCUT2D eigenvalue weighted by atomic mass is 10.2. The molecule has 0 bridgehead atoms. The van der Waals surface area contributed by atoms with Crippen molar-refractivity contribution in [3.8, 4) is 0 Å². The van der Waals surface area contributed by atoms with Crippen molar-refractivity contribution >= 4 is 12.0 Å². The van der Waals surface area contributed by atoms with Crippen molar-refractivity contribution in [3.05, 3.63) is 39.8 Å². The first kappa shape index (κ1) is 3.61. The van der Waals surface area contributed by atoms with E-state index in [1.54, 1.807) is 0 Å². The highest BCUT2D eigenvalue weighted by Crippen LogP contribution is 2.09. The Morgan fingerprint density at radius 1 is 1.45 bits per heavy atom. The number of nitro groups is 1. The Labute approximate surface area is 68.2 Å². The molecular weight excluding hydrogens is 146 g/mol. The maximum Gasteiger partial charge on any atom is 0.269 e. The lowest BCUT2D eigenvalue weighted by Crippen LogP contribution is -1.87. The highest BCUT2D eigenvalue weighted by molar-refractivity contribution is 5.75. The highest BCUT2D eigenvalue weighted by Gasteiger charge is 2.02. The molecule has 0 radical (unpaired) electrons. The molecule has 0 saturated carbocycles. The fourth-order valence-corrected chi connectivity index (χ4v) is 0.466. The predicted octanol–water partition coefficient (Wildman–Crippen LogP) is 1.41. The number of benzene rings is 1. The van der Waals surface area contributed by atoms with Gasteiger partial charge in [0.2, 0.25) is 0 Å². The summed E-state index contributed by atoms with van der Waals surface area (Å²) in [5.74, 6) is 0. The van der Waals surface area contributed by atoms with E-state index in [2.05, 4.69) is 0 Å². The van der Waals surface area contributed by atoms with E-state index in [-0.39, 0.29) is 6.29 Å². The summed E-state index contributed by atoms with van der Waals surface area (Å²) in [4.78, 5) is 19.9. The van der Waals surface area contributed by atoms with Gasteiger partial charge in [-0.15, -0.1) is 0 Å². The monoisotopic (exact) mass is 155 g/mol. The summed E-state index contributed by atoms with van der Waals surface area (Å²) in [6.45, 7) is 0. The van der Waals surface area contributed by atoms with E-state index in [0.29, 0.717) is 0 Å². The molecule has 0 amide bonds. The largest absolute Gasteiger partial charge is 0.298 e. The summed E-state index contributed by atoms with van der Waals surface area (Å²) in [7, 11) is 0. The molecule has 4 nitrogen and oxygen atoms in total. The van der Waals surface area contributed by atoms with Gasteiger partial charge in [-0.2, -0.15) is 0 Å². The van der Waals surface area contributed by atoms with Crippen molar-refractivity contribution in [2.75, 3.05) is 0 Å². The van der Waals surface area contributed by atoms with Crippen molar-refractivity contribution < 1.29 is 15.2 Å². The fourth-order valence-electron chi connectivity index (χ4n) is 0.466. The van der Waals surface area contributed by atoms with Crippen LogP contribution >= 0.6 is 0 Å². The maximum atomic E-state index is 10.5. The minimum Gasteiger partial charge on any atom is -0.298 e. The van der Waals surface area contributed by atoms with Crippen LogP contribution in [0.1, 0.15) is 15.8 Å². The van der Waals surface area contributed by atoms with Gasteiger partial charge in [0.05, 0.1) is 10.4 Å². The second-order valence-corrected chi connectivity index (χ2v) is 1.64. The normalized spacial score (nSPS) is 14.2. The molecule has 0 saturated heterocycles. The molecule has 1 aromatic carbocycles. The molecule has 0 aliphatic carbocycles. The third-order valence-electron chi connectivity index (χ3n) is 0.932. The van der Waals surface area contributed by atoms with Gasteiger partial charge in [0.1, 0.15) is 6.29 Å². The summed E-state index contributed by atoms with van der Waals surface area (Å²) in [5.41, 5.74) is -1.40. The average molecular weight is 155 g/mol. The minimum atomic E-state index is -1.00. The Kier molecular flexibility index (Phi) is 0.958. The van der Waals surface area contributed by atoms with Crippen LogP contribution in [0, 0.1) is 10.1 Å². The molecule has 0 aliphatic rings. The van der Waals surface area contributed by atoms with E-state index < -0.39 is 40.3 Å². The van der Waals surface area contributed by atoms with E-state index >= 15 is 0 Å². The molecule has 1 aromatic rings. The number of hydrogen-bond acceptors (Lipinski definition) is 3. The summed E-state index contributed by atoms with van der Waals surface area (Å²) in [6, 6.07) is -3.03. The van der Waals surface area contributed by atoms with Gasteiger partial charge < -0.3 is 0 Å². The highest BCUT2D eigenvalue weighted by atomic mass is 16.6. The molecule has 0 aromatic heterocycles. The van der Waals surface area contributed by atoms with Gasteiger partial charge in [0.25, 0.3) is 5.69 Å². The Bertz CT molecular complexity index is 431.